The summed E-state index contributed by atoms with van der Waals surface area (Å²) in [6.45, 7) is 0.463. The Morgan fingerprint density at radius 1 is 1.36 bits per heavy atom. The maximum atomic E-state index is 10.7. The fraction of sp³-hybridized carbons (Fsp3) is 1.00. The van der Waals surface area contributed by atoms with Gasteiger partial charge in [-0.1, -0.05) is 0 Å². The molecule has 11 heavy (non-hydrogen) atoms. The lowest BCUT2D eigenvalue weighted by Crippen LogP contribution is -2.34. The predicted molar refractivity (Wildman–Crippen MR) is 42.3 cm³/mol. The van der Waals surface area contributed by atoms with Gasteiger partial charge in [0.15, 0.2) is 0 Å². The maximum Gasteiger partial charge on any atom is 0.276 e. The molecule has 0 rings (SSSR count). The first kappa shape index (κ1) is 10.8. The van der Waals surface area contributed by atoms with Crippen LogP contribution in [0.3, 0.4) is 0 Å². The van der Waals surface area contributed by atoms with Gasteiger partial charge >= 0.3 is 0 Å². The molecule has 68 valence electrons. The molecule has 0 aliphatic rings. The highest BCUT2D eigenvalue weighted by atomic mass is 32.2. The Bertz CT molecular complexity index is 178. The monoisotopic (exact) mass is 182 g/mol. The van der Waals surface area contributed by atoms with Crippen molar-refractivity contribution in [3.05, 3.63) is 0 Å². The molecule has 0 radical (unpaired) electrons. The van der Waals surface area contributed by atoms with Crippen molar-refractivity contribution in [1.82, 2.24) is 9.44 Å². The van der Waals surface area contributed by atoms with Crippen molar-refractivity contribution in [2.75, 3.05) is 20.2 Å². The molecule has 0 fully saturated rings. The van der Waals surface area contributed by atoms with Gasteiger partial charge in [-0.25, -0.2) is 9.44 Å². The second-order valence-corrected chi connectivity index (χ2v) is 3.74. The van der Waals surface area contributed by atoms with Gasteiger partial charge in [-0.05, 0) is 12.8 Å². The van der Waals surface area contributed by atoms with Crippen molar-refractivity contribution in [2.45, 2.75) is 12.8 Å². The zero-order chi connectivity index (χ0) is 8.74. The largest absolute Gasteiger partial charge is 0.396 e. The Labute approximate surface area is 67.0 Å². The van der Waals surface area contributed by atoms with E-state index >= 15 is 0 Å². The average Bonchev–Trinajstić information content (AvgIpc) is 1.99. The van der Waals surface area contributed by atoms with E-state index in [1.54, 1.807) is 0 Å². The minimum Gasteiger partial charge on any atom is -0.396 e. The highest BCUT2D eigenvalue weighted by Crippen LogP contribution is 1.84. The number of nitrogens with one attached hydrogen (secondary N) is 2. The van der Waals surface area contributed by atoms with E-state index in [-0.39, 0.29) is 6.61 Å². The Hall–Kier alpha value is -0.170. The summed E-state index contributed by atoms with van der Waals surface area (Å²) in [6, 6.07) is 0. The van der Waals surface area contributed by atoms with E-state index in [1.165, 1.54) is 7.05 Å². The number of aliphatic hydroxyl groups excluding tert-OH is 1. The van der Waals surface area contributed by atoms with Gasteiger partial charge in [-0.15, -0.1) is 0 Å². The molecule has 0 saturated heterocycles. The fourth-order valence-corrected chi connectivity index (χ4v) is 1.07. The van der Waals surface area contributed by atoms with E-state index in [0.29, 0.717) is 19.4 Å². The van der Waals surface area contributed by atoms with Crippen LogP contribution in [0.5, 0.6) is 0 Å². The van der Waals surface area contributed by atoms with Crippen molar-refractivity contribution in [3.63, 3.8) is 0 Å². The standard InChI is InChI=1S/C5H14N2O3S/c1-6-11(9,10)7-4-2-3-5-8/h6-8H,2-5H2,1H3. The van der Waals surface area contributed by atoms with Crippen LogP contribution >= 0.6 is 0 Å². The lowest BCUT2D eigenvalue weighted by Gasteiger charge is -2.02. The number of rotatable bonds is 6. The third-order valence-electron chi connectivity index (χ3n) is 1.15. The predicted octanol–water partition coefficient (Wildman–Crippen LogP) is -1.19. The van der Waals surface area contributed by atoms with Gasteiger partial charge in [0, 0.05) is 20.2 Å². The summed E-state index contributed by atoms with van der Waals surface area (Å²) < 4.78 is 25.8. The Morgan fingerprint density at radius 2 is 2.00 bits per heavy atom. The third-order valence-corrected chi connectivity index (χ3v) is 2.27. The molecule has 3 N–H and O–H groups in total. The second kappa shape index (κ2) is 5.48. The van der Waals surface area contributed by atoms with Crippen molar-refractivity contribution in [3.8, 4) is 0 Å². The van der Waals surface area contributed by atoms with Crippen LogP contribution in [-0.2, 0) is 10.2 Å². The van der Waals surface area contributed by atoms with Crippen LogP contribution in [-0.4, -0.2) is 33.7 Å². The molecular formula is C5H14N2O3S. The Kier molecular flexibility index (Phi) is 5.39. The molecule has 6 heteroatoms. The van der Waals surface area contributed by atoms with Gasteiger partial charge in [0.1, 0.15) is 0 Å². The molecule has 0 unspecified atom stereocenters. The summed E-state index contributed by atoms with van der Waals surface area (Å²) in [5.41, 5.74) is 0. The number of hydrogen-bond acceptors (Lipinski definition) is 3. The van der Waals surface area contributed by atoms with Gasteiger partial charge in [-0.3, -0.25) is 0 Å². The van der Waals surface area contributed by atoms with Crippen LogP contribution in [0.15, 0.2) is 0 Å². The van der Waals surface area contributed by atoms with Crippen LogP contribution in [0.4, 0.5) is 0 Å². The third kappa shape index (κ3) is 6.24. The second-order valence-electron chi connectivity index (χ2n) is 2.03. The van der Waals surface area contributed by atoms with E-state index in [9.17, 15) is 8.42 Å². The highest BCUT2D eigenvalue weighted by molar-refractivity contribution is 7.87. The first-order chi connectivity index (χ1) is 5.12. The first-order valence-electron chi connectivity index (χ1n) is 3.41. The molecular weight excluding hydrogens is 168 g/mol. The van der Waals surface area contributed by atoms with E-state index in [0.717, 1.165) is 0 Å². The van der Waals surface area contributed by atoms with Gasteiger partial charge in [0.2, 0.25) is 0 Å². The lowest BCUT2D eigenvalue weighted by molar-refractivity contribution is 0.285. The van der Waals surface area contributed by atoms with Gasteiger partial charge in [0.25, 0.3) is 10.2 Å². The maximum absolute atomic E-state index is 10.7. The number of unbranched alkanes of at least 4 members (excludes halogenated alkanes) is 1. The molecule has 0 aliphatic carbocycles. The lowest BCUT2D eigenvalue weighted by atomic mass is 10.3. The molecule has 0 heterocycles. The molecule has 0 amide bonds. The topological polar surface area (TPSA) is 78.4 Å². The zero-order valence-electron chi connectivity index (χ0n) is 6.50. The van der Waals surface area contributed by atoms with Crippen LogP contribution in [0, 0.1) is 0 Å². The van der Waals surface area contributed by atoms with Gasteiger partial charge in [-0.2, -0.15) is 8.42 Å². The van der Waals surface area contributed by atoms with E-state index in [1.807, 2.05) is 0 Å². The molecule has 0 saturated carbocycles. The molecule has 5 nitrogen and oxygen atoms in total. The summed E-state index contributed by atoms with van der Waals surface area (Å²) in [4.78, 5) is 0. The quantitative estimate of drug-likeness (QED) is 0.452. The molecule has 0 spiro atoms. The van der Waals surface area contributed by atoms with Crippen molar-refractivity contribution in [2.24, 2.45) is 0 Å². The molecule has 0 aromatic carbocycles. The number of aliphatic hydroxyl groups is 1. The van der Waals surface area contributed by atoms with Gasteiger partial charge in [0.05, 0.1) is 0 Å². The normalized spacial score (nSPS) is 11.8. The van der Waals surface area contributed by atoms with E-state index < -0.39 is 10.2 Å². The summed E-state index contributed by atoms with van der Waals surface area (Å²) in [6.07, 6.45) is 1.27. The van der Waals surface area contributed by atoms with Crippen LogP contribution in [0.2, 0.25) is 0 Å². The smallest absolute Gasteiger partial charge is 0.276 e. The SMILES string of the molecule is CNS(=O)(=O)NCCCCO. The van der Waals surface area contributed by atoms with Crippen LogP contribution < -0.4 is 9.44 Å². The summed E-state index contributed by atoms with van der Waals surface area (Å²) in [5.74, 6) is 0. The zero-order valence-corrected chi connectivity index (χ0v) is 7.32. The molecule has 0 aliphatic heterocycles. The van der Waals surface area contributed by atoms with Crippen LogP contribution in [0.25, 0.3) is 0 Å². The van der Waals surface area contributed by atoms with E-state index in [2.05, 4.69) is 9.44 Å². The fourth-order valence-electron chi connectivity index (χ4n) is 0.516. The molecule has 0 aromatic rings. The van der Waals surface area contributed by atoms with Crippen LogP contribution in [0.1, 0.15) is 12.8 Å². The van der Waals surface area contributed by atoms with Gasteiger partial charge < -0.3 is 5.11 Å². The summed E-state index contributed by atoms with van der Waals surface area (Å²) >= 11 is 0. The van der Waals surface area contributed by atoms with Crippen molar-refractivity contribution >= 4 is 10.2 Å². The Morgan fingerprint density at radius 3 is 2.45 bits per heavy atom. The van der Waals surface area contributed by atoms with E-state index in [4.69, 9.17) is 5.11 Å². The van der Waals surface area contributed by atoms with Crippen molar-refractivity contribution in [1.29, 1.82) is 0 Å². The minimum absolute atomic E-state index is 0.0985. The summed E-state index contributed by atoms with van der Waals surface area (Å²) in [7, 11) is -1.94. The minimum atomic E-state index is -3.28. The molecule has 0 aromatic heterocycles. The van der Waals surface area contributed by atoms with Crippen molar-refractivity contribution < 1.29 is 13.5 Å². The Balaban J connectivity index is 3.39. The average molecular weight is 182 g/mol. The highest BCUT2D eigenvalue weighted by Gasteiger charge is 2.02. The summed E-state index contributed by atoms with van der Waals surface area (Å²) in [5, 5.41) is 8.36. The molecule has 0 bridgehead atoms. The number of hydrogen-bond donors (Lipinski definition) is 3. The first-order valence-corrected chi connectivity index (χ1v) is 4.89. The molecule has 0 atom stereocenters.